The highest BCUT2D eigenvalue weighted by Gasteiger charge is 2.36. The third-order valence-corrected chi connectivity index (χ3v) is 5.89. The van der Waals surface area contributed by atoms with E-state index in [0.717, 1.165) is 43.5 Å². The van der Waals surface area contributed by atoms with Gasteiger partial charge in [0.2, 0.25) is 0 Å². The molecule has 5 heteroatoms. The molecule has 0 aliphatic heterocycles. The molecule has 1 N–H and O–H groups in total. The van der Waals surface area contributed by atoms with Crippen molar-refractivity contribution in [1.82, 2.24) is 4.90 Å². The molecule has 5 nitrogen and oxygen atoms in total. The molecule has 0 amide bonds. The van der Waals surface area contributed by atoms with E-state index in [2.05, 4.69) is 31.9 Å². The standard InChI is InChI=1S/C25H34N2O3/c1-19(2)25(18-26,21-10-11-23(29-4)24(17-21)30-5)13-7-14-27(3)15-12-20-8-6-9-22(28)16-20/h6,8-11,16-17,19,28H,7,12-15H2,1-5H3. The first-order chi connectivity index (χ1) is 14.4. The van der Waals surface area contributed by atoms with Crippen LogP contribution in [0.15, 0.2) is 42.5 Å². The Hall–Kier alpha value is -2.71. The molecule has 0 spiro atoms. The predicted molar refractivity (Wildman–Crippen MR) is 120 cm³/mol. The van der Waals surface area contributed by atoms with Crippen LogP contribution in [-0.4, -0.2) is 44.4 Å². The first kappa shape index (κ1) is 23.6. The van der Waals surface area contributed by atoms with Gasteiger partial charge >= 0.3 is 0 Å². The highest BCUT2D eigenvalue weighted by atomic mass is 16.5. The maximum absolute atomic E-state index is 10.2. The maximum atomic E-state index is 10.2. The second-order valence-corrected chi connectivity index (χ2v) is 8.13. The first-order valence-corrected chi connectivity index (χ1v) is 10.5. The molecule has 1 atom stereocenters. The number of nitriles is 1. The Morgan fingerprint density at radius 2 is 1.80 bits per heavy atom. The van der Waals surface area contributed by atoms with Crippen LogP contribution in [0.1, 0.15) is 37.8 Å². The van der Waals surface area contributed by atoms with Gasteiger partial charge in [-0.2, -0.15) is 5.26 Å². The summed E-state index contributed by atoms with van der Waals surface area (Å²) in [6.07, 6.45) is 2.57. The number of rotatable bonds is 11. The number of hydrogen-bond donors (Lipinski definition) is 1. The van der Waals surface area contributed by atoms with Crippen molar-refractivity contribution in [3.05, 3.63) is 53.6 Å². The predicted octanol–water partition coefficient (Wildman–Crippen LogP) is 4.78. The minimum absolute atomic E-state index is 0.165. The number of phenols is 1. The van der Waals surface area contributed by atoms with E-state index in [-0.39, 0.29) is 5.92 Å². The zero-order valence-electron chi connectivity index (χ0n) is 18.8. The smallest absolute Gasteiger partial charge is 0.161 e. The van der Waals surface area contributed by atoms with E-state index >= 15 is 0 Å². The third kappa shape index (κ3) is 5.67. The number of likely N-dealkylation sites (N-methyl/N-ethyl adjacent to an activating group) is 1. The lowest BCUT2D eigenvalue weighted by molar-refractivity contribution is 0.292. The summed E-state index contributed by atoms with van der Waals surface area (Å²) in [5.74, 6) is 1.79. The number of aromatic hydroxyl groups is 1. The Bertz CT molecular complexity index is 860. The molecule has 0 heterocycles. The number of phenolic OH excluding ortho intramolecular Hbond substituents is 1. The number of nitrogens with zero attached hydrogens (tertiary/aromatic N) is 2. The summed E-state index contributed by atoms with van der Waals surface area (Å²) >= 11 is 0. The van der Waals surface area contributed by atoms with Gasteiger partial charge in [0.1, 0.15) is 5.75 Å². The highest BCUT2D eigenvalue weighted by Crippen LogP contribution is 2.40. The fraction of sp³-hybridized carbons (Fsp3) is 0.480. The van der Waals surface area contributed by atoms with Gasteiger partial charge in [-0.3, -0.25) is 0 Å². The number of benzene rings is 2. The summed E-state index contributed by atoms with van der Waals surface area (Å²) in [6, 6.07) is 15.8. The van der Waals surface area contributed by atoms with Gasteiger partial charge in [-0.05, 0) is 74.2 Å². The molecule has 162 valence electrons. The molecule has 0 aromatic heterocycles. The molecule has 2 aromatic carbocycles. The minimum Gasteiger partial charge on any atom is -0.508 e. The fourth-order valence-electron chi connectivity index (χ4n) is 3.90. The van der Waals surface area contributed by atoms with Crippen LogP contribution >= 0.6 is 0 Å². The summed E-state index contributed by atoms with van der Waals surface area (Å²) in [4.78, 5) is 2.28. The molecule has 2 rings (SSSR count). The molecule has 2 aromatic rings. The van der Waals surface area contributed by atoms with Crippen LogP contribution in [0.2, 0.25) is 0 Å². The lowest BCUT2D eigenvalue weighted by atomic mass is 9.69. The Balaban J connectivity index is 2.03. The van der Waals surface area contributed by atoms with Crippen molar-refractivity contribution >= 4 is 0 Å². The summed E-state index contributed by atoms with van der Waals surface area (Å²) in [5, 5.41) is 19.8. The monoisotopic (exact) mass is 410 g/mol. The van der Waals surface area contributed by atoms with E-state index in [0.29, 0.717) is 17.2 Å². The lowest BCUT2D eigenvalue weighted by Gasteiger charge is -2.32. The van der Waals surface area contributed by atoms with Gasteiger partial charge in [-0.25, -0.2) is 0 Å². The van der Waals surface area contributed by atoms with Crippen LogP contribution in [0.4, 0.5) is 0 Å². The summed E-state index contributed by atoms with van der Waals surface area (Å²) in [6.45, 7) is 6.01. The quantitative estimate of drug-likeness (QED) is 0.577. The van der Waals surface area contributed by atoms with Crippen LogP contribution in [-0.2, 0) is 11.8 Å². The van der Waals surface area contributed by atoms with Crippen LogP contribution in [0.3, 0.4) is 0 Å². The normalized spacial score (nSPS) is 13.1. The van der Waals surface area contributed by atoms with E-state index in [1.807, 2.05) is 36.4 Å². The molecular formula is C25H34N2O3. The van der Waals surface area contributed by atoms with Gasteiger partial charge in [0.15, 0.2) is 11.5 Å². The molecule has 30 heavy (non-hydrogen) atoms. The van der Waals surface area contributed by atoms with Crippen LogP contribution in [0.5, 0.6) is 17.2 Å². The number of ether oxygens (including phenoxy) is 2. The van der Waals surface area contributed by atoms with Gasteiger partial charge in [-0.15, -0.1) is 0 Å². The molecular weight excluding hydrogens is 376 g/mol. The van der Waals surface area contributed by atoms with Gasteiger partial charge in [0.25, 0.3) is 0 Å². The number of methoxy groups -OCH3 is 2. The summed E-state index contributed by atoms with van der Waals surface area (Å²) in [7, 11) is 5.33. The molecule has 0 saturated carbocycles. The Labute approximate surface area is 180 Å². The van der Waals surface area contributed by atoms with E-state index in [4.69, 9.17) is 9.47 Å². The lowest BCUT2D eigenvalue weighted by Crippen LogP contribution is -2.32. The second-order valence-electron chi connectivity index (χ2n) is 8.13. The van der Waals surface area contributed by atoms with Crippen molar-refractivity contribution in [1.29, 1.82) is 5.26 Å². The zero-order chi connectivity index (χ0) is 22.1. The summed E-state index contributed by atoms with van der Waals surface area (Å²) < 4.78 is 10.8. The largest absolute Gasteiger partial charge is 0.508 e. The van der Waals surface area contributed by atoms with Gasteiger partial charge in [0, 0.05) is 6.54 Å². The molecule has 0 saturated heterocycles. The topological polar surface area (TPSA) is 65.7 Å². The van der Waals surface area contributed by atoms with Crippen molar-refractivity contribution in [2.45, 2.75) is 38.5 Å². The average molecular weight is 411 g/mol. The Morgan fingerprint density at radius 3 is 2.40 bits per heavy atom. The van der Waals surface area contributed by atoms with Crippen molar-refractivity contribution in [3.8, 4) is 23.3 Å². The van der Waals surface area contributed by atoms with Gasteiger partial charge < -0.3 is 19.5 Å². The van der Waals surface area contributed by atoms with E-state index < -0.39 is 5.41 Å². The molecule has 0 radical (unpaired) electrons. The molecule has 0 aliphatic rings. The first-order valence-electron chi connectivity index (χ1n) is 10.5. The fourth-order valence-corrected chi connectivity index (χ4v) is 3.90. The van der Waals surface area contributed by atoms with Crippen molar-refractivity contribution in [3.63, 3.8) is 0 Å². The molecule has 0 fully saturated rings. The molecule has 0 aliphatic carbocycles. The number of hydrogen-bond acceptors (Lipinski definition) is 5. The Kier molecular flexibility index (Phi) is 8.56. The minimum atomic E-state index is -0.578. The third-order valence-electron chi connectivity index (χ3n) is 5.89. The highest BCUT2D eigenvalue weighted by molar-refractivity contribution is 5.47. The summed E-state index contributed by atoms with van der Waals surface area (Å²) in [5.41, 5.74) is 1.52. The molecule has 0 bridgehead atoms. The Morgan fingerprint density at radius 1 is 1.07 bits per heavy atom. The average Bonchev–Trinajstić information content (AvgIpc) is 2.74. The van der Waals surface area contributed by atoms with Gasteiger partial charge in [0.05, 0.1) is 25.7 Å². The second kappa shape index (κ2) is 10.9. The maximum Gasteiger partial charge on any atom is 0.161 e. The molecule has 1 unspecified atom stereocenters. The van der Waals surface area contributed by atoms with E-state index in [1.165, 1.54) is 0 Å². The van der Waals surface area contributed by atoms with Gasteiger partial charge in [-0.1, -0.05) is 32.0 Å². The zero-order valence-corrected chi connectivity index (χ0v) is 18.8. The van der Waals surface area contributed by atoms with Crippen LogP contribution < -0.4 is 9.47 Å². The van der Waals surface area contributed by atoms with E-state index in [1.54, 1.807) is 20.3 Å². The van der Waals surface area contributed by atoms with Crippen molar-refractivity contribution in [2.24, 2.45) is 5.92 Å². The van der Waals surface area contributed by atoms with Crippen molar-refractivity contribution < 1.29 is 14.6 Å². The SMILES string of the molecule is COc1ccc(C(C#N)(CCCN(C)CCc2cccc(O)c2)C(C)C)cc1OC. The van der Waals surface area contributed by atoms with Crippen LogP contribution in [0, 0.1) is 17.2 Å². The van der Waals surface area contributed by atoms with E-state index in [9.17, 15) is 10.4 Å². The van der Waals surface area contributed by atoms with Crippen LogP contribution in [0.25, 0.3) is 0 Å². The van der Waals surface area contributed by atoms with Crippen molar-refractivity contribution in [2.75, 3.05) is 34.4 Å².